The second-order valence-corrected chi connectivity index (χ2v) is 16.0. The van der Waals surface area contributed by atoms with Crippen molar-refractivity contribution in [2.75, 3.05) is 13.2 Å². The van der Waals surface area contributed by atoms with Gasteiger partial charge in [-0.05, 0) is 89.9 Å². The Hall–Kier alpha value is -3.15. The van der Waals surface area contributed by atoms with E-state index in [1.807, 2.05) is 0 Å². The second kappa shape index (κ2) is 47.5. The van der Waals surface area contributed by atoms with Crippen LogP contribution in [0.5, 0.6) is 0 Å². The normalized spacial score (nSPS) is 12.7. The van der Waals surface area contributed by atoms with Crippen LogP contribution in [-0.2, 0) is 28.6 Å². The van der Waals surface area contributed by atoms with Gasteiger partial charge in [0.05, 0.1) is 0 Å². The quantitative estimate of drug-likeness (QED) is 0.0264. The van der Waals surface area contributed by atoms with Crippen molar-refractivity contribution in [2.24, 2.45) is 0 Å². The molecule has 6 heteroatoms. The number of hydrogen-bond acceptors (Lipinski definition) is 6. The minimum Gasteiger partial charge on any atom is -0.462 e. The third kappa shape index (κ3) is 45.8. The Bertz CT molecular complexity index is 1130. The van der Waals surface area contributed by atoms with Gasteiger partial charge in [0.2, 0.25) is 0 Å². The third-order valence-corrected chi connectivity index (χ3v) is 10.2. The molecule has 0 heterocycles. The molecule has 0 aromatic heterocycles. The average Bonchev–Trinajstić information content (AvgIpc) is 3.23. The average molecular weight is 823 g/mol. The molecule has 0 aromatic carbocycles. The van der Waals surface area contributed by atoms with Crippen LogP contribution in [-0.4, -0.2) is 37.2 Å². The zero-order valence-corrected chi connectivity index (χ0v) is 38.5. The molecule has 0 aliphatic rings. The van der Waals surface area contributed by atoms with E-state index in [9.17, 15) is 14.4 Å². The van der Waals surface area contributed by atoms with Gasteiger partial charge in [0.25, 0.3) is 0 Å². The molecule has 0 bridgehead atoms. The second-order valence-electron chi connectivity index (χ2n) is 16.0. The Kier molecular flexibility index (Phi) is 45.0. The molecule has 0 amide bonds. The number of unbranched alkanes of at least 4 members (excludes halogenated alkanes) is 20. The molecule has 0 radical (unpaired) electrons. The molecule has 0 spiro atoms. The molecular formula is C53H90O6. The fourth-order valence-electron chi connectivity index (χ4n) is 6.52. The lowest BCUT2D eigenvalue weighted by atomic mass is 10.1. The van der Waals surface area contributed by atoms with E-state index in [-0.39, 0.29) is 31.1 Å². The number of esters is 3. The standard InChI is InChI=1S/C53H90O6/c1-4-7-10-13-16-19-21-23-24-25-26-27-28-30-31-34-37-40-43-46-52(55)58-49-50(48-57-51(54)45-42-39-36-33-18-15-12-9-6-3)59-53(56)47-44-41-38-35-32-29-22-20-17-14-11-8-5-2/h7,10,16,19-20,22-24,26-27,30-31,50H,4-6,8-9,11-15,17-18,21,25,28-29,32-49H2,1-3H3/b10-7-,19-16-,22-20-,24-23-,27-26-,31-30-/t50-/m1/s1. The van der Waals surface area contributed by atoms with E-state index in [4.69, 9.17) is 14.2 Å². The van der Waals surface area contributed by atoms with Crippen molar-refractivity contribution in [3.05, 3.63) is 72.9 Å². The van der Waals surface area contributed by atoms with Gasteiger partial charge in [0, 0.05) is 19.3 Å². The maximum absolute atomic E-state index is 12.7. The topological polar surface area (TPSA) is 78.9 Å². The molecular weight excluding hydrogens is 733 g/mol. The van der Waals surface area contributed by atoms with Crippen LogP contribution in [0.4, 0.5) is 0 Å². The minimum atomic E-state index is -0.789. The first kappa shape index (κ1) is 55.9. The zero-order valence-electron chi connectivity index (χ0n) is 38.5. The van der Waals surface area contributed by atoms with E-state index < -0.39 is 6.10 Å². The summed E-state index contributed by atoms with van der Waals surface area (Å²) >= 11 is 0. The Morgan fingerprint density at radius 1 is 0.356 bits per heavy atom. The predicted molar refractivity (Wildman–Crippen MR) is 251 cm³/mol. The molecule has 0 aliphatic heterocycles. The molecule has 0 N–H and O–H groups in total. The minimum absolute atomic E-state index is 0.0886. The van der Waals surface area contributed by atoms with Crippen LogP contribution in [0, 0.1) is 0 Å². The van der Waals surface area contributed by atoms with Crippen LogP contribution in [0.2, 0.25) is 0 Å². The SMILES string of the molecule is CC/C=C\C/C=C\C/C=C\C/C=C\C/C=C\CCCCCC(=O)OC[C@@H](COC(=O)CCCCCCCCCCC)OC(=O)CCCCCCC/C=C\CCCCCC. The lowest BCUT2D eigenvalue weighted by Gasteiger charge is -2.18. The lowest BCUT2D eigenvalue weighted by Crippen LogP contribution is -2.30. The van der Waals surface area contributed by atoms with Gasteiger partial charge in [0.15, 0.2) is 6.10 Å². The number of hydrogen-bond donors (Lipinski definition) is 0. The van der Waals surface area contributed by atoms with Crippen LogP contribution in [0.3, 0.4) is 0 Å². The van der Waals surface area contributed by atoms with E-state index in [1.165, 1.54) is 77.0 Å². The summed E-state index contributed by atoms with van der Waals surface area (Å²) < 4.78 is 16.7. The molecule has 0 aliphatic carbocycles. The fourth-order valence-corrected chi connectivity index (χ4v) is 6.52. The number of carbonyl (C=O) groups excluding carboxylic acids is 3. The predicted octanol–water partition coefficient (Wildman–Crippen LogP) is 15.9. The van der Waals surface area contributed by atoms with Crippen molar-refractivity contribution in [2.45, 2.75) is 232 Å². The fraction of sp³-hybridized carbons (Fsp3) is 0.717. The van der Waals surface area contributed by atoms with Gasteiger partial charge in [-0.15, -0.1) is 0 Å². The van der Waals surface area contributed by atoms with Gasteiger partial charge in [-0.3, -0.25) is 14.4 Å². The number of rotatable bonds is 43. The molecule has 59 heavy (non-hydrogen) atoms. The third-order valence-electron chi connectivity index (χ3n) is 10.2. The van der Waals surface area contributed by atoms with Crippen LogP contribution in [0.25, 0.3) is 0 Å². The van der Waals surface area contributed by atoms with Crippen LogP contribution in [0.1, 0.15) is 226 Å². The monoisotopic (exact) mass is 823 g/mol. The van der Waals surface area contributed by atoms with E-state index in [0.717, 1.165) is 109 Å². The van der Waals surface area contributed by atoms with Crippen molar-refractivity contribution in [1.29, 1.82) is 0 Å². The highest BCUT2D eigenvalue weighted by Gasteiger charge is 2.19. The van der Waals surface area contributed by atoms with Gasteiger partial charge in [-0.1, -0.05) is 190 Å². The summed E-state index contributed by atoms with van der Waals surface area (Å²) in [5, 5.41) is 0. The summed E-state index contributed by atoms with van der Waals surface area (Å²) in [5.41, 5.74) is 0. The summed E-state index contributed by atoms with van der Waals surface area (Å²) in [5.74, 6) is -0.936. The van der Waals surface area contributed by atoms with Crippen molar-refractivity contribution >= 4 is 17.9 Å². The summed E-state index contributed by atoms with van der Waals surface area (Å²) in [7, 11) is 0. The summed E-state index contributed by atoms with van der Waals surface area (Å²) in [6.07, 6.45) is 58.8. The summed E-state index contributed by atoms with van der Waals surface area (Å²) in [6.45, 7) is 6.44. The van der Waals surface area contributed by atoms with E-state index in [0.29, 0.717) is 19.3 Å². The largest absolute Gasteiger partial charge is 0.462 e. The maximum Gasteiger partial charge on any atom is 0.306 e. The number of allylic oxidation sites excluding steroid dienone is 12. The highest BCUT2D eigenvalue weighted by atomic mass is 16.6. The highest BCUT2D eigenvalue weighted by molar-refractivity contribution is 5.71. The molecule has 0 fully saturated rings. The molecule has 6 nitrogen and oxygen atoms in total. The maximum atomic E-state index is 12.7. The van der Waals surface area contributed by atoms with E-state index in [1.54, 1.807) is 0 Å². The highest BCUT2D eigenvalue weighted by Crippen LogP contribution is 2.13. The molecule has 0 aromatic rings. The lowest BCUT2D eigenvalue weighted by molar-refractivity contribution is -0.167. The van der Waals surface area contributed by atoms with Crippen molar-refractivity contribution in [3.8, 4) is 0 Å². The van der Waals surface area contributed by atoms with Gasteiger partial charge < -0.3 is 14.2 Å². The molecule has 0 unspecified atom stereocenters. The smallest absolute Gasteiger partial charge is 0.306 e. The van der Waals surface area contributed by atoms with Gasteiger partial charge in [0.1, 0.15) is 13.2 Å². The van der Waals surface area contributed by atoms with E-state index in [2.05, 4.69) is 93.7 Å². The van der Waals surface area contributed by atoms with Crippen molar-refractivity contribution < 1.29 is 28.6 Å². The van der Waals surface area contributed by atoms with E-state index >= 15 is 0 Å². The number of ether oxygens (including phenoxy) is 3. The van der Waals surface area contributed by atoms with Crippen molar-refractivity contribution in [1.82, 2.24) is 0 Å². The van der Waals surface area contributed by atoms with Gasteiger partial charge in [-0.2, -0.15) is 0 Å². The van der Waals surface area contributed by atoms with Gasteiger partial charge >= 0.3 is 17.9 Å². The van der Waals surface area contributed by atoms with Crippen LogP contribution in [0.15, 0.2) is 72.9 Å². The Morgan fingerprint density at radius 2 is 0.661 bits per heavy atom. The molecule has 0 saturated heterocycles. The molecule has 338 valence electrons. The first-order valence-corrected chi connectivity index (χ1v) is 24.4. The Labute approximate surface area is 363 Å². The molecule has 1 atom stereocenters. The first-order valence-electron chi connectivity index (χ1n) is 24.4. The van der Waals surface area contributed by atoms with Crippen LogP contribution < -0.4 is 0 Å². The first-order chi connectivity index (χ1) is 29.0. The Morgan fingerprint density at radius 3 is 1.08 bits per heavy atom. The van der Waals surface area contributed by atoms with Gasteiger partial charge in [-0.25, -0.2) is 0 Å². The summed E-state index contributed by atoms with van der Waals surface area (Å²) in [6, 6.07) is 0. The zero-order chi connectivity index (χ0) is 43.0. The molecule has 0 rings (SSSR count). The van der Waals surface area contributed by atoms with Crippen LogP contribution >= 0.6 is 0 Å². The van der Waals surface area contributed by atoms with Crippen molar-refractivity contribution in [3.63, 3.8) is 0 Å². The Balaban J connectivity index is 4.40. The summed E-state index contributed by atoms with van der Waals surface area (Å²) in [4.78, 5) is 37.8. The molecule has 0 saturated carbocycles. The number of carbonyl (C=O) groups is 3.